The van der Waals surface area contributed by atoms with E-state index < -0.39 is 0 Å². The molecule has 0 aliphatic carbocycles. The minimum atomic E-state index is 0.502. The predicted octanol–water partition coefficient (Wildman–Crippen LogP) is 5.45. The molecular formula is C17H19ClO. The van der Waals surface area contributed by atoms with Gasteiger partial charge in [-0.25, -0.2) is 0 Å². The normalized spacial score (nSPS) is 10.6. The monoisotopic (exact) mass is 274 g/mol. The maximum Gasteiger partial charge on any atom is 0.133 e. The molecule has 0 heterocycles. The number of rotatable bonds is 3. The van der Waals surface area contributed by atoms with Gasteiger partial charge in [-0.2, -0.15) is 0 Å². The summed E-state index contributed by atoms with van der Waals surface area (Å²) in [7, 11) is 0. The summed E-state index contributed by atoms with van der Waals surface area (Å²) in [6.07, 6.45) is 0. The van der Waals surface area contributed by atoms with Gasteiger partial charge >= 0.3 is 0 Å². The Balaban J connectivity index is 2.44. The summed E-state index contributed by atoms with van der Waals surface area (Å²) >= 11 is 5.89. The first kappa shape index (κ1) is 14.0. The molecule has 2 rings (SSSR count). The lowest BCUT2D eigenvalue weighted by Crippen LogP contribution is -1.95. The van der Waals surface area contributed by atoms with E-state index in [0.717, 1.165) is 28.2 Å². The Morgan fingerprint density at radius 3 is 2.21 bits per heavy atom. The molecule has 2 heteroatoms. The van der Waals surface area contributed by atoms with Crippen molar-refractivity contribution < 1.29 is 4.74 Å². The average molecular weight is 275 g/mol. The topological polar surface area (TPSA) is 9.23 Å². The zero-order chi connectivity index (χ0) is 14.0. The van der Waals surface area contributed by atoms with Gasteiger partial charge in [-0.05, 0) is 61.6 Å². The lowest BCUT2D eigenvalue weighted by Gasteiger charge is -2.15. The van der Waals surface area contributed by atoms with E-state index in [1.165, 1.54) is 11.1 Å². The number of hydrogen-bond acceptors (Lipinski definition) is 1. The molecule has 100 valence electrons. The van der Waals surface area contributed by atoms with Crippen LogP contribution in [0, 0.1) is 27.7 Å². The standard InChI is InChI=1S/C17H19ClO/c1-11-5-6-13(3)17(14(11)4)19-16-9-15(10-18)8-7-12(16)2/h5-9H,10H2,1-4H3. The number of aryl methyl sites for hydroxylation is 3. The lowest BCUT2D eigenvalue weighted by atomic mass is 10.1. The third-order valence-electron chi connectivity index (χ3n) is 3.49. The second kappa shape index (κ2) is 5.66. The molecule has 0 aliphatic rings. The number of hydrogen-bond donors (Lipinski definition) is 0. The first-order valence-corrected chi connectivity index (χ1v) is 6.96. The van der Waals surface area contributed by atoms with Crippen LogP contribution in [0.4, 0.5) is 0 Å². The van der Waals surface area contributed by atoms with Crippen LogP contribution in [0.1, 0.15) is 27.8 Å². The van der Waals surface area contributed by atoms with Crippen LogP contribution in [0.25, 0.3) is 0 Å². The molecule has 0 bridgehead atoms. The minimum Gasteiger partial charge on any atom is -0.457 e. The number of benzene rings is 2. The van der Waals surface area contributed by atoms with Crippen LogP contribution in [0.3, 0.4) is 0 Å². The summed E-state index contributed by atoms with van der Waals surface area (Å²) in [6, 6.07) is 10.3. The zero-order valence-electron chi connectivity index (χ0n) is 11.9. The summed E-state index contributed by atoms with van der Waals surface area (Å²) in [5.41, 5.74) is 5.78. The third-order valence-corrected chi connectivity index (χ3v) is 3.80. The van der Waals surface area contributed by atoms with Gasteiger partial charge in [0.2, 0.25) is 0 Å². The Morgan fingerprint density at radius 1 is 0.895 bits per heavy atom. The molecule has 2 aromatic rings. The summed E-state index contributed by atoms with van der Waals surface area (Å²) in [5, 5.41) is 0. The van der Waals surface area contributed by atoms with Crippen molar-refractivity contribution in [3.63, 3.8) is 0 Å². The van der Waals surface area contributed by atoms with Crippen LogP contribution < -0.4 is 4.74 Å². The molecule has 0 radical (unpaired) electrons. The molecule has 0 saturated heterocycles. The molecule has 0 aliphatic heterocycles. The molecule has 0 aromatic heterocycles. The third kappa shape index (κ3) is 2.93. The van der Waals surface area contributed by atoms with Crippen molar-refractivity contribution in [2.24, 2.45) is 0 Å². The summed E-state index contributed by atoms with van der Waals surface area (Å²) in [6.45, 7) is 8.32. The molecule has 0 N–H and O–H groups in total. The van der Waals surface area contributed by atoms with E-state index in [9.17, 15) is 0 Å². The van der Waals surface area contributed by atoms with E-state index in [1.54, 1.807) is 0 Å². The van der Waals surface area contributed by atoms with E-state index >= 15 is 0 Å². The SMILES string of the molecule is Cc1ccc(CCl)cc1Oc1c(C)ccc(C)c1C. The molecule has 0 atom stereocenters. The van der Waals surface area contributed by atoms with Crippen LogP contribution in [0.5, 0.6) is 11.5 Å². The first-order valence-electron chi connectivity index (χ1n) is 6.43. The Hall–Kier alpha value is -1.47. The van der Waals surface area contributed by atoms with E-state index in [-0.39, 0.29) is 0 Å². The van der Waals surface area contributed by atoms with Gasteiger partial charge in [-0.3, -0.25) is 0 Å². The largest absolute Gasteiger partial charge is 0.457 e. The molecule has 0 fully saturated rings. The van der Waals surface area contributed by atoms with E-state index in [2.05, 4.69) is 32.9 Å². The summed E-state index contributed by atoms with van der Waals surface area (Å²) < 4.78 is 6.14. The molecule has 0 spiro atoms. The fraction of sp³-hybridized carbons (Fsp3) is 0.294. The molecule has 0 unspecified atom stereocenters. The van der Waals surface area contributed by atoms with Gasteiger partial charge in [-0.15, -0.1) is 11.6 Å². The molecular weight excluding hydrogens is 256 g/mol. The van der Waals surface area contributed by atoms with Crippen LogP contribution in [0.15, 0.2) is 30.3 Å². The van der Waals surface area contributed by atoms with Gasteiger partial charge in [0.05, 0.1) is 0 Å². The molecule has 19 heavy (non-hydrogen) atoms. The van der Waals surface area contributed by atoms with Crippen molar-refractivity contribution in [3.8, 4) is 11.5 Å². The van der Waals surface area contributed by atoms with Crippen LogP contribution in [-0.4, -0.2) is 0 Å². The molecule has 0 saturated carbocycles. The maximum atomic E-state index is 6.14. The highest BCUT2D eigenvalue weighted by Crippen LogP contribution is 2.32. The van der Waals surface area contributed by atoms with E-state index in [0.29, 0.717) is 5.88 Å². The van der Waals surface area contributed by atoms with Gasteiger partial charge in [0, 0.05) is 5.88 Å². The fourth-order valence-electron chi connectivity index (χ4n) is 2.03. The second-order valence-electron chi connectivity index (χ2n) is 4.99. The van der Waals surface area contributed by atoms with Crippen molar-refractivity contribution in [3.05, 3.63) is 58.1 Å². The number of ether oxygens (including phenoxy) is 1. The zero-order valence-corrected chi connectivity index (χ0v) is 12.6. The highest BCUT2D eigenvalue weighted by Gasteiger charge is 2.09. The number of alkyl halides is 1. The van der Waals surface area contributed by atoms with E-state index in [1.807, 2.05) is 25.1 Å². The summed E-state index contributed by atoms with van der Waals surface area (Å²) in [5.74, 6) is 2.34. The fourth-order valence-corrected chi connectivity index (χ4v) is 2.20. The van der Waals surface area contributed by atoms with Crippen LogP contribution in [-0.2, 0) is 5.88 Å². The Labute approximate surface area is 120 Å². The number of halogens is 1. The van der Waals surface area contributed by atoms with Gasteiger partial charge < -0.3 is 4.74 Å². The van der Waals surface area contributed by atoms with Gasteiger partial charge in [0.1, 0.15) is 11.5 Å². The van der Waals surface area contributed by atoms with Crippen molar-refractivity contribution in [1.29, 1.82) is 0 Å². The van der Waals surface area contributed by atoms with Crippen molar-refractivity contribution in [2.75, 3.05) is 0 Å². The van der Waals surface area contributed by atoms with Crippen molar-refractivity contribution in [2.45, 2.75) is 33.6 Å². The lowest BCUT2D eigenvalue weighted by molar-refractivity contribution is 0.470. The molecule has 2 aromatic carbocycles. The molecule has 1 nitrogen and oxygen atoms in total. The van der Waals surface area contributed by atoms with Crippen molar-refractivity contribution >= 4 is 11.6 Å². The summed E-state index contributed by atoms with van der Waals surface area (Å²) in [4.78, 5) is 0. The van der Waals surface area contributed by atoms with Gasteiger partial charge in [0.25, 0.3) is 0 Å². The predicted molar refractivity (Wildman–Crippen MR) is 81.5 cm³/mol. The van der Waals surface area contributed by atoms with Gasteiger partial charge in [-0.1, -0.05) is 24.3 Å². The Morgan fingerprint density at radius 2 is 1.53 bits per heavy atom. The quantitative estimate of drug-likeness (QED) is 0.676. The maximum absolute atomic E-state index is 6.14. The Kier molecular flexibility index (Phi) is 4.16. The highest BCUT2D eigenvalue weighted by molar-refractivity contribution is 6.17. The first-order chi connectivity index (χ1) is 9.02. The smallest absolute Gasteiger partial charge is 0.133 e. The van der Waals surface area contributed by atoms with Crippen LogP contribution >= 0.6 is 11.6 Å². The average Bonchev–Trinajstić information content (AvgIpc) is 2.41. The highest BCUT2D eigenvalue weighted by atomic mass is 35.5. The van der Waals surface area contributed by atoms with Crippen molar-refractivity contribution in [1.82, 2.24) is 0 Å². The second-order valence-corrected chi connectivity index (χ2v) is 5.26. The Bertz CT molecular complexity index is 602. The minimum absolute atomic E-state index is 0.502. The van der Waals surface area contributed by atoms with E-state index in [4.69, 9.17) is 16.3 Å². The van der Waals surface area contributed by atoms with Gasteiger partial charge in [0.15, 0.2) is 0 Å². The molecule has 0 amide bonds. The van der Waals surface area contributed by atoms with Crippen LogP contribution in [0.2, 0.25) is 0 Å².